The van der Waals surface area contributed by atoms with Crippen molar-refractivity contribution in [2.24, 2.45) is 7.05 Å². The van der Waals surface area contributed by atoms with Gasteiger partial charge in [0.05, 0.1) is 5.52 Å². The van der Waals surface area contributed by atoms with Gasteiger partial charge in [0.25, 0.3) is 5.91 Å². The Hall–Kier alpha value is -2.04. The van der Waals surface area contributed by atoms with Gasteiger partial charge < -0.3 is 9.73 Å². The second-order valence-corrected chi connectivity index (χ2v) is 4.36. The van der Waals surface area contributed by atoms with E-state index >= 15 is 0 Å². The van der Waals surface area contributed by atoms with Crippen molar-refractivity contribution in [2.45, 2.75) is 18.9 Å². The first-order valence-corrected chi connectivity index (χ1v) is 5.55. The number of carbonyl (C=O) groups is 1. The lowest BCUT2D eigenvalue weighted by Gasteiger charge is -2.02. The molecule has 3 rings (SSSR count). The molecule has 17 heavy (non-hydrogen) atoms. The topological polar surface area (TPSA) is 64.2 Å². The third-order valence-electron chi connectivity index (χ3n) is 2.97. The number of benzene rings is 1. The van der Waals surface area contributed by atoms with Crippen LogP contribution in [0.4, 0.5) is 0 Å². The van der Waals surface area contributed by atoms with E-state index < -0.39 is 5.76 Å². The lowest BCUT2D eigenvalue weighted by molar-refractivity contribution is 0.0951. The summed E-state index contributed by atoms with van der Waals surface area (Å²) in [6.45, 7) is 0. The Morgan fingerprint density at radius 2 is 2.24 bits per heavy atom. The van der Waals surface area contributed by atoms with Crippen LogP contribution in [0.25, 0.3) is 11.1 Å². The molecule has 0 unspecified atom stereocenters. The highest BCUT2D eigenvalue weighted by atomic mass is 16.4. The molecule has 0 atom stereocenters. The Morgan fingerprint density at radius 3 is 2.94 bits per heavy atom. The van der Waals surface area contributed by atoms with Crippen molar-refractivity contribution in [1.29, 1.82) is 0 Å². The fraction of sp³-hybridized carbons (Fsp3) is 0.333. The minimum atomic E-state index is -0.417. The van der Waals surface area contributed by atoms with Crippen molar-refractivity contribution in [3.63, 3.8) is 0 Å². The SMILES string of the molecule is Cn1c(=O)oc2ccc(C(=O)NC3CC3)cc21. The highest BCUT2D eigenvalue weighted by molar-refractivity contribution is 5.97. The van der Waals surface area contributed by atoms with E-state index in [1.165, 1.54) is 4.57 Å². The molecule has 1 amide bonds. The number of carbonyl (C=O) groups excluding carboxylic acids is 1. The summed E-state index contributed by atoms with van der Waals surface area (Å²) in [4.78, 5) is 23.1. The van der Waals surface area contributed by atoms with Crippen molar-refractivity contribution in [3.8, 4) is 0 Å². The van der Waals surface area contributed by atoms with Crippen LogP contribution in [0, 0.1) is 0 Å². The van der Waals surface area contributed by atoms with Gasteiger partial charge in [0.15, 0.2) is 5.58 Å². The van der Waals surface area contributed by atoms with Crippen molar-refractivity contribution >= 4 is 17.0 Å². The normalized spacial score (nSPS) is 15.1. The van der Waals surface area contributed by atoms with Gasteiger partial charge in [-0.1, -0.05) is 0 Å². The van der Waals surface area contributed by atoms with Crippen LogP contribution in [0.5, 0.6) is 0 Å². The smallest absolute Gasteiger partial charge is 0.408 e. The van der Waals surface area contributed by atoms with E-state index in [0.29, 0.717) is 22.7 Å². The molecule has 1 aliphatic rings. The van der Waals surface area contributed by atoms with E-state index in [9.17, 15) is 9.59 Å². The Bertz CT molecular complexity index is 649. The summed E-state index contributed by atoms with van der Waals surface area (Å²) in [7, 11) is 1.62. The van der Waals surface area contributed by atoms with Crippen LogP contribution in [0.3, 0.4) is 0 Å². The van der Waals surface area contributed by atoms with Crippen LogP contribution in [-0.2, 0) is 7.05 Å². The van der Waals surface area contributed by atoms with Crippen LogP contribution < -0.4 is 11.1 Å². The number of rotatable bonds is 2. The Labute approximate surface area is 97.0 Å². The zero-order chi connectivity index (χ0) is 12.0. The number of aromatic nitrogens is 1. The second kappa shape index (κ2) is 3.48. The average Bonchev–Trinajstić information content (AvgIpc) is 3.07. The average molecular weight is 232 g/mol. The first-order chi connectivity index (χ1) is 8.15. The molecule has 1 heterocycles. The first kappa shape index (κ1) is 10.1. The molecule has 1 aromatic heterocycles. The number of hydrogen-bond donors (Lipinski definition) is 1. The molecule has 1 aromatic carbocycles. The Morgan fingerprint density at radius 1 is 1.47 bits per heavy atom. The predicted molar refractivity (Wildman–Crippen MR) is 61.9 cm³/mol. The summed E-state index contributed by atoms with van der Waals surface area (Å²) in [5.74, 6) is -0.511. The van der Waals surface area contributed by atoms with Crippen LogP contribution in [0.2, 0.25) is 0 Å². The van der Waals surface area contributed by atoms with E-state index in [1.54, 1.807) is 25.2 Å². The fourth-order valence-electron chi connectivity index (χ4n) is 1.76. The summed E-state index contributed by atoms with van der Waals surface area (Å²) in [5, 5.41) is 2.90. The highest BCUT2D eigenvalue weighted by Gasteiger charge is 2.24. The summed E-state index contributed by atoms with van der Waals surface area (Å²) in [6.07, 6.45) is 2.11. The van der Waals surface area contributed by atoms with Crippen molar-refractivity contribution in [1.82, 2.24) is 9.88 Å². The van der Waals surface area contributed by atoms with Gasteiger partial charge in [0.1, 0.15) is 0 Å². The third-order valence-corrected chi connectivity index (χ3v) is 2.97. The van der Waals surface area contributed by atoms with Crippen LogP contribution >= 0.6 is 0 Å². The molecule has 0 bridgehead atoms. The van der Waals surface area contributed by atoms with Gasteiger partial charge in [-0.2, -0.15) is 0 Å². The first-order valence-electron chi connectivity index (χ1n) is 5.55. The highest BCUT2D eigenvalue weighted by Crippen LogP contribution is 2.20. The molecule has 1 N–H and O–H groups in total. The maximum atomic E-state index is 11.8. The van der Waals surface area contributed by atoms with E-state index in [2.05, 4.69) is 5.32 Å². The minimum absolute atomic E-state index is 0.0944. The quantitative estimate of drug-likeness (QED) is 0.840. The third kappa shape index (κ3) is 1.73. The molecule has 1 saturated carbocycles. The molecule has 5 heteroatoms. The largest absolute Gasteiger partial charge is 0.419 e. The number of amides is 1. The number of nitrogens with one attached hydrogen (secondary N) is 1. The molecule has 1 aliphatic carbocycles. The van der Waals surface area contributed by atoms with Crippen molar-refractivity contribution in [3.05, 3.63) is 34.3 Å². The van der Waals surface area contributed by atoms with Gasteiger partial charge in [0.2, 0.25) is 0 Å². The van der Waals surface area contributed by atoms with Crippen LogP contribution in [0.1, 0.15) is 23.2 Å². The number of aryl methyl sites for hydroxylation is 1. The van der Waals surface area contributed by atoms with Gasteiger partial charge >= 0.3 is 5.76 Å². The van der Waals surface area contributed by atoms with E-state index in [4.69, 9.17) is 4.42 Å². The molecule has 5 nitrogen and oxygen atoms in total. The summed E-state index contributed by atoms with van der Waals surface area (Å²) >= 11 is 0. The monoisotopic (exact) mass is 232 g/mol. The van der Waals surface area contributed by atoms with Gasteiger partial charge in [-0.05, 0) is 31.0 Å². The molecule has 0 aliphatic heterocycles. The van der Waals surface area contributed by atoms with Crippen molar-refractivity contribution < 1.29 is 9.21 Å². The Balaban J connectivity index is 2.02. The maximum absolute atomic E-state index is 11.8. The lowest BCUT2D eigenvalue weighted by atomic mass is 10.2. The van der Waals surface area contributed by atoms with Gasteiger partial charge in [-0.3, -0.25) is 9.36 Å². The van der Waals surface area contributed by atoms with E-state index in [0.717, 1.165) is 12.8 Å². The van der Waals surface area contributed by atoms with Gasteiger partial charge in [-0.15, -0.1) is 0 Å². The molecule has 1 fully saturated rings. The number of oxazole rings is 1. The fourth-order valence-corrected chi connectivity index (χ4v) is 1.76. The molecule has 88 valence electrons. The molecular weight excluding hydrogens is 220 g/mol. The van der Waals surface area contributed by atoms with Crippen LogP contribution in [-0.4, -0.2) is 16.5 Å². The molecule has 0 radical (unpaired) electrons. The second-order valence-electron chi connectivity index (χ2n) is 4.36. The number of hydrogen-bond acceptors (Lipinski definition) is 3. The zero-order valence-corrected chi connectivity index (χ0v) is 9.40. The van der Waals surface area contributed by atoms with Crippen LogP contribution in [0.15, 0.2) is 27.4 Å². The standard InChI is InChI=1S/C12H12N2O3/c1-14-9-6-7(11(15)13-8-3-4-8)2-5-10(9)17-12(14)16/h2,5-6,8H,3-4H2,1H3,(H,13,15). The van der Waals surface area contributed by atoms with Gasteiger partial charge in [-0.25, -0.2) is 4.79 Å². The summed E-state index contributed by atoms with van der Waals surface area (Å²) in [5.41, 5.74) is 1.69. The lowest BCUT2D eigenvalue weighted by Crippen LogP contribution is -2.25. The summed E-state index contributed by atoms with van der Waals surface area (Å²) in [6, 6.07) is 5.32. The molecular formula is C12H12N2O3. The molecule has 0 spiro atoms. The zero-order valence-electron chi connectivity index (χ0n) is 9.40. The van der Waals surface area contributed by atoms with Crippen molar-refractivity contribution in [2.75, 3.05) is 0 Å². The van der Waals surface area contributed by atoms with Gasteiger partial charge in [0, 0.05) is 18.7 Å². The maximum Gasteiger partial charge on any atom is 0.419 e. The minimum Gasteiger partial charge on any atom is -0.408 e. The molecule has 0 saturated heterocycles. The Kier molecular flexibility index (Phi) is 2.07. The number of fused-ring (bicyclic) bond motifs is 1. The predicted octanol–water partition coefficient (Wildman–Crippen LogP) is 1.02. The molecule has 2 aromatic rings. The van der Waals surface area contributed by atoms with E-state index in [1.807, 2.05) is 0 Å². The summed E-state index contributed by atoms with van der Waals surface area (Å²) < 4.78 is 6.39. The number of nitrogens with zero attached hydrogens (tertiary/aromatic N) is 1. The van der Waals surface area contributed by atoms with E-state index in [-0.39, 0.29) is 5.91 Å².